The van der Waals surface area contributed by atoms with Gasteiger partial charge in [0.15, 0.2) is 6.10 Å². The maximum Gasteiger partial charge on any atom is 0.330 e. The molecule has 0 spiro atoms. The van der Waals surface area contributed by atoms with Crippen molar-refractivity contribution in [2.75, 3.05) is 13.2 Å². The van der Waals surface area contributed by atoms with Gasteiger partial charge in [0.25, 0.3) is 0 Å². The lowest BCUT2D eigenvalue weighted by molar-refractivity contribution is -0.160. The van der Waals surface area contributed by atoms with Gasteiger partial charge in [0.1, 0.15) is 13.2 Å². The lowest BCUT2D eigenvalue weighted by Gasteiger charge is -2.16. The van der Waals surface area contributed by atoms with Gasteiger partial charge < -0.3 is 14.2 Å². The molecule has 0 bridgehead atoms. The smallest absolute Gasteiger partial charge is 0.330 e. The molecule has 242 valence electrons. The molecule has 6 nitrogen and oxygen atoms in total. The zero-order valence-corrected chi connectivity index (χ0v) is 27.3. The average Bonchev–Trinajstić information content (AvgIpc) is 2.98. The Morgan fingerprint density at radius 1 is 0.452 bits per heavy atom. The van der Waals surface area contributed by atoms with Crippen LogP contribution in [0.5, 0.6) is 0 Å². The van der Waals surface area contributed by atoms with Crippen LogP contribution in [0.25, 0.3) is 0 Å². The summed E-state index contributed by atoms with van der Waals surface area (Å²) in [6, 6.07) is 0. The number of allylic oxidation sites excluding steroid dienone is 3. The molecule has 0 N–H and O–H groups in total. The van der Waals surface area contributed by atoms with Crippen molar-refractivity contribution in [1.29, 1.82) is 0 Å². The fraction of sp³-hybridized carbons (Fsp3) is 0.750. The lowest BCUT2D eigenvalue weighted by atomic mass is 10.1. The largest absolute Gasteiger partial charge is 0.458 e. The van der Waals surface area contributed by atoms with Crippen LogP contribution < -0.4 is 0 Å². The third kappa shape index (κ3) is 29.1. The van der Waals surface area contributed by atoms with Crippen molar-refractivity contribution in [3.63, 3.8) is 0 Å². The predicted octanol–water partition coefficient (Wildman–Crippen LogP) is 9.90. The van der Waals surface area contributed by atoms with Gasteiger partial charge in [-0.2, -0.15) is 0 Å². The van der Waals surface area contributed by atoms with E-state index in [1.807, 2.05) is 18.2 Å². The second-order valence-electron chi connectivity index (χ2n) is 11.2. The predicted molar refractivity (Wildman–Crippen MR) is 173 cm³/mol. The second kappa shape index (κ2) is 31.6. The van der Waals surface area contributed by atoms with E-state index in [1.165, 1.54) is 95.3 Å². The van der Waals surface area contributed by atoms with Crippen LogP contribution in [0.15, 0.2) is 36.5 Å². The SMILES string of the molecule is CCCCCCCC/C=C/C(=O)OCC(COC(=O)/C=C/CCCCCCCC)OC(=O)/C=C/CCCCCCCC. The minimum Gasteiger partial charge on any atom is -0.458 e. The number of hydrogen-bond acceptors (Lipinski definition) is 6. The summed E-state index contributed by atoms with van der Waals surface area (Å²) in [4.78, 5) is 36.7. The summed E-state index contributed by atoms with van der Waals surface area (Å²) in [5, 5.41) is 0. The summed E-state index contributed by atoms with van der Waals surface area (Å²) >= 11 is 0. The first-order valence-corrected chi connectivity index (χ1v) is 17.1. The summed E-state index contributed by atoms with van der Waals surface area (Å²) in [5.74, 6) is -1.52. The molecule has 0 aliphatic carbocycles. The molecule has 42 heavy (non-hydrogen) atoms. The molecule has 0 fully saturated rings. The van der Waals surface area contributed by atoms with Gasteiger partial charge in [-0.3, -0.25) is 0 Å². The first-order valence-electron chi connectivity index (χ1n) is 17.1. The van der Waals surface area contributed by atoms with Crippen molar-refractivity contribution in [3.8, 4) is 0 Å². The van der Waals surface area contributed by atoms with Gasteiger partial charge in [0, 0.05) is 18.2 Å². The van der Waals surface area contributed by atoms with E-state index in [2.05, 4.69) is 20.8 Å². The van der Waals surface area contributed by atoms with Crippen molar-refractivity contribution < 1.29 is 28.6 Å². The minimum absolute atomic E-state index is 0.175. The summed E-state index contributed by atoms with van der Waals surface area (Å²) in [6.07, 6.45) is 32.8. The van der Waals surface area contributed by atoms with E-state index in [0.717, 1.165) is 57.8 Å². The summed E-state index contributed by atoms with van der Waals surface area (Å²) < 4.78 is 16.1. The summed E-state index contributed by atoms with van der Waals surface area (Å²) in [5.41, 5.74) is 0. The molecule has 0 aliphatic heterocycles. The molecule has 0 unspecified atom stereocenters. The Morgan fingerprint density at radius 3 is 1.12 bits per heavy atom. The standard InChI is InChI=1S/C36H62O6/c1-4-7-10-13-16-19-22-25-28-34(37)40-31-33(42-36(39)30-27-24-21-18-15-12-9-6-3)32-41-35(38)29-26-23-20-17-14-11-8-5-2/h25-30,33H,4-24,31-32H2,1-3H3/b28-25+,29-26+,30-27+. The maximum absolute atomic E-state index is 12.4. The Labute approximate surface area is 257 Å². The molecule has 6 heteroatoms. The Balaban J connectivity index is 4.58. The number of esters is 3. The first-order chi connectivity index (χ1) is 20.5. The van der Waals surface area contributed by atoms with Crippen LogP contribution in [-0.4, -0.2) is 37.2 Å². The van der Waals surface area contributed by atoms with Gasteiger partial charge in [0.2, 0.25) is 0 Å². The van der Waals surface area contributed by atoms with Crippen molar-refractivity contribution in [3.05, 3.63) is 36.5 Å². The van der Waals surface area contributed by atoms with Gasteiger partial charge in [0.05, 0.1) is 0 Å². The van der Waals surface area contributed by atoms with E-state index >= 15 is 0 Å². The highest BCUT2D eigenvalue weighted by atomic mass is 16.6. The Kier molecular flexibility index (Phi) is 29.8. The molecule has 0 saturated carbocycles. The highest BCUT2D eigenvalue weighted by molar-refractivity contribution is 5.83. The molecule has 0 atom stereocenters. The van der Waals surface area contributed by atoms with Crippen LogP contribution in [0, 0.1) is 0 Å². The van der Waals surface area contributed by atoms with Crippen LogP contribution in [-0.2, 0) is 28.6 Å². The fourth-order valence-corrected chi connectivity index (χ4v) is 4.43. The molecule has 0 heterocycles. The van der Waals surface area contributed by atoms with Crippen LogP contribution >= 0.6 is 0 Å². The number of carbonyl (C=O) groups is 3. The molecule has 0 saturated heterocycles. The van der Waals surface area contributed by atoms with Crippen LogP contribution in [0.2, 0.25) is 0 Å². The van der Waals surface area contributed by atoms with E-state index in [4.69, 9.17) is 14.2 Å². The number of hydrogen-bond donors (Lipinski definition) is 0. The molecular weight excluding hydrogens is 528 g/mol. The number of rotatable bonds is 29. The van der Waals surface area contributed by atoms with Gasteiger partial charge >= 0.3 is 17.9 Å². The molecule has 0 aliphatic rings. The Morgan fingerprint density at radius 2 is 0.762 bits per heavy atom. The summed E-state index contributed by atoms with van der Waals surface area (Å²) in [6.45, 7) is 6.25. The topological polar surface area (TPSA) is 78.9 Å². The van der Waals surface area contributed by atoms with Crippen LogP contribution in [0.1, 0.15) is 156 Å². The molecule has 0 amide bonds. The molecule has 0 aromatic rings. The lowest BCUT2D eigenvalue weighted by Crippen LogP contribution is -2.30. The molecule has 0 rings (SSSR count). The third-order valence-electron chi connectivity index (χ3n) is 7.04. The molecule has 0 aromatic carbocycles. The van der Waals surface area contributed by atoms with Crippen LogP contribution in [0.4, 0.5) is 0 Å². The highest BCUT2D eigenvalue weighted by Gasteiger charge is 2.17. The monoisotopic (exact) mass is 590 g/mol. The average molecular weight is 591 g/mol. The molecule has 0 radical (unpaired) electrons. The van der Waals surface area contributed by atoms with Crippen molar-refractivity contribution in [2.45, 2.75) is 162 Å². The normalized spacial score (nSPS) is 11.7. The Bertz CT molecular complexity index is 697. The minimum atomic E-state index is -0.872. The molecular formula is C36H62O6. The Hall–Kier alpha value is -2.37. The quantitative estimate of drug-likeness (QED) is 0.0373. The van der Waals surface area contributed by atoms with Gasteiger partial charge in [-0.05, 0) is 38.5 Å². The van der Waals surface area contributed by atoms with Gasteiger partial charge in [-0.15, -0.1) is 0 Å². The van der Waals surface area contributed by atoms with E-state index in [1.54, 1.807) is 0 Å². The van der Waals surface area contributed by atoms with Gasteiger partial charge in [-0.25, -0.2) is 14.4 Å². The number of ether oxygens (including phenoxy) is 3. The highest BCUT2D eigenvalue weighted by Crippen LogP contribution is 2.10. The number of unbranched alkanes of at least 4 members (excludes halogenated alkanes) is 18. The molecule has 0 aromatic heterocycles. The van der Waals surface area contributed by atoms with Crippen molar-refractivity contribution >= 4 is 17.9 Å². The maximum atomic E-state index is 12.4. The second-order valence-corrected chi connectivity index (χ2v) is 11.2. The van der Waals surface area contributed by atoms with E-state index in [9.17, 15) is 14.4 Å². The third-order valence-corrected chi connectivity index (χ3v) is 7.04. The number of carbonyl (C=O) groups excluding carboxylic acids is 3. The van der Waals surface area contributed by atoms with E-state index < -0.39 is 24.0 Å². The summed E-state index contributed by atoms with van der Waals surface area (Å²) in [7, 11) is 0. The van der Waals surface area contributed by atoms with E-state index in [0.29, 0.717) is 0 Å². The van der Waals surface area contributed by atoms with Crippen molar-refractivity contribution in [2.24, 2.45) is 0 Å². The fourth-order valence-electron chi connectivity index (χ4n) is 4.43. The van der Waals surface area contributed by atoms with E-state index in [-0.39, 0.29) is 13.2 Å². The zero-order chi connectivity index (χ0) is 30.9. The first kappa shape index (κ1) is 39.6. The zero-order valence-electron chi connectivity index (χ0n) is 27.3. The van der Waals surface area contributed by atoms with Gasteiger partial charge in [-0.1, -0.05) is 135 Å². The van der Waals surface area contributed by atoms with Crippen molar-refractivity contribution in [1.82, 2.24) is 0 Å². The van der Waals surface area contributed by atoms with Crippen LogP contribution in [0.3, 0.4) is 0 Å².